The van der Waals surface area contributed by atoms with Gasteiger partial charge in [0.15, 0.2) is 11.5 Å². The van der Waals surface area contributed by atoms with Crippen molar-refractivity contribution in [3.63, 3.8) is 0 Å². The zero-order valence-corrected chi connectivity index (χ0v) is 16.4. The van der Waals surface area contributed by atoms with Crippen molar-refractivity contribution in [2.45, 2.75) is 12.3 Å². The molecule has 0 radical (unpaired) electrons. The summed E-state index contributed by atoms with van der Waals surface area (Å²) >= 11 is 0. The molecule has 2 aromatic carbocycles. The molecule has 1 atom stereocenters. The number of benzene rings is 2. The highest BCUT2D eigenvalue weighted by Gasteiger charge is 2.36. The minimum Gasteiger partial charge on any atom is -0.493 e. The quantitative estimate of drug-likeness (QED) is 0.633. The largest absolute Gasteiger partial charge is 0.493 e. The molecular weight excluding hydrogens is 374 g/mol. The Hall–Kier alpha value is -3.55. The number of nitrogens with zero attached hydrogens (tertiary/aromatic N) is 3. The van der Waals surface area contributed by atoms with Crippen LogP contribution in [0, 0.1) is 0 Å². The van der Waals surface area contributed by atoms with E-state index in [1.165, 1.54) is 7.11 Å². The number of anilines is 1. The maximum atomic E-state index is 12.7. The fourth-order valence-corrected chi connectivity index (χ4v) is 3.45. The van der Waals surface area contributed by atoms with Crippen LogP contribution in [0.4, 0.5) is 5.69 Å². The van der Waals surface area contributed by atoms with Gasteiger partial charge in [-0.2, -0.15) is 4.98 Å². The molecule has 0 N–H and O–H groups in total. The normalized spacial score (nSPS) is 16.2. The van der Waals surface area contributed by atoms with Gasteiger partial charge in [-0.15, -0.1) is 0 Å². The summed E-state index contributed by atoms with van der Waals surface area (Å²) in [6, 6.07) is 13.1. The van der Waals surface area contributed by atoms with Crippen molar-refractivity contribution in [3.8, 4) is 28.6 Å². The SMILES string of the molecule is COc1cc(N2CC(c3nc(-c4ccccc4)no3)CC2=O)cc(OC)c1OC. The summed E-state index contributed by atoms with van der Waals surface area (Å²) in [5.41, 5.74) is 1.53. The van der Waals surface area contributed by atoms with E-state index in [1.807, 2.05) is 30.3 Å². The number of ether oxygens (including phenoxy) is 3. The molecule has 0 aliphatic carbocycles. The van der Waals surface area contributed by atoms with Crippen LogP contribution in [0.1, 0.15) is 18.2 Å². The summed E-state index contributed by atoms with van der Waals surface area (Å²) in [6.45, 7) is 0.424. The number of aromatic nitrogens is 2. The predicted octanol–water partition coefficient (Wildman–Crippen LogP) is 3.28. The molecule has 0 saturated carbocycles. The van der Waals surface area contributed by atoms with Crippen LogP contribution < -0.4 is 19.1 Å². The molecule has 1 aliphatic heterocycles. The average Bonchev–Trinajstić information content (AvgIpc) is 3.40. The fourth-order valence-electron chi connectivity index (χ4n) is 3.45. The molecule has 2 heterocycles. The van der Waals surface area contributed by atoms with Gasteiger partial charge in [-0.3, -0.25) is 4.79 Å². The topological polar surface area (TPSA) is 86.9 Å². The van der Waals surface area contributed by atoms with Gasteiger partial charge in [0.25, 0.3) is 0 Å². The van der Waals surface area contributed by atoms with Crippen LogP contribution in [0.2, 0.25) is 0 Å². The lowest BCUT2D eigenvalue weighted by Gasteiger charge is -2.20. The van der Waals surface area contributed by atoms with E-state index in [0.29, 0.717) is 41.2 Å². The average molecular weight is 395 g/mol. The second-order valence-corrected chi connectivity index (χ2v) is 6.61. The van der Waals surface area contributed by atoms with Crippen molar-refractivity contribution >= 4 is 11.6 Å². The van der Waals surface area contributed by atoms with E-state index >= 15 is 0 Å². The van der Waals surface area contributed by atoms with Gasteiger partial charge in [-0.25, -0.2) is 0 Å². The van der Waals surface area contributed by atoms with E-state index in [0.717, 1.165) is 5.56 Å². The van der Waals surface area contributed by atoms with E-state index in [4.69, 9.17) is 18.7 Å². The standard InChI is InChI=1S/C21H21N3O5/c1-26-16-10-15(11-17(27-2)19(16)28-3)24-12-14(9-18(24)25)21-22-20(23-29-21)13-7-5-4-6-8-13/h4-8,10-11,14H,9,12H2,1-3H3. The third-order valence-electron chi connectivity index (χ3n) is 4.91. The summed E-state index contributed by atoms with van der Waals surface area (Å²) in [6.07, 6.45) is 0.285. The third kappa shape index (κ3) is 3.49. The number of rotatable bonds is 6. The van der Waals surface area contributed by atoms with Gasteiger partial charge in [-0.1, -0.05) is 35.5 Å². The highest BCUT2D eigenvalue weighted by Crippen LogP contribution is 2.43. The smallest absolute Gasteiger partial charge is 0.232 e. The Morgan fingerprint density at radius 2 is 1.72 bits per heavy atom. The minimum atomic E-state index is -0.188. The number of carbonyl (C=O) groups is 1. The molecule has 3 aromatic rings. The van der Waals surface area contributed by atoms with Crippen LogP contribution in [0.25, 0.3) is 11.4 Å². The van der Waals surface area contributed by atoms with Crippen molar-refractivity contribution in [1.29, 1.82) is 0 Å². The zero-order valence-electron chi connectivity index (χ0n) is 16.4. The number of carbonyl (C=O) groups excluding carboxylic acids is 1. The van der Waals surface area contributed by atoms with Crippen LogP contribution >= 0.6 is 0 Å². The first-order chi connectivity index (χ1) is 14.1. The second kappa shape index (κ2) is 7.83. The molecule has 150 valence electrons. The molecule has 8 nitrogen and oxygen atoms in total. The molecule has 1 amide bonds. The minimum absolute atomic E-state index is 0.0382. The first-order valence-corrected chi connectivity index (χ1v) is 9.14. The first kappa shape index (κ1) is 18.8. The molecule has 29 heavy (non-hydrogen) atoms. The molecule has 0 bridgehead atoms. The van der Waals surface area contributed by atoms with Gasteiger partial charge in [0.05, 0.1) is 32.9 Å². The lowest BCUT2D eigenvalue weighted by Crippen LogP contribution is -2.24. The van der Waals surface area contributed by atoms with E-state index < -0.39 is 0 Å². The molecule has 8 heteroatoms. The van der Waals surface area contributed by atoms with E-state index in [2.05, 4.69) is 10.1 Å². The number of amides is 1. The lowest BCUT2D eigenvalue weighted by atomic mass is 10.1. The third-order valence-corrected chi connectivity index (χ3v) is 4.91. The van der Waals surface area contributed by atoms with Crippen molar-refractivity contribution in [2.24, 2.45) is 0 Å². The summed E-state index contributed by atoms with van der Waals surface area (Å²) < 4.78 is 21.6. The van der Waals surface area contributed by atoms with E-state index in [-0.39, 0.29) is 18.2 Å². The van der Waals surface area contributed by atoms with E-state index in [9.17, 15) is 4.79 Å². The summed E-state index contributed by atoms with van der Waals surface area (Å²) in [4.78, 5) is 18.9. The van der Waals surface area contributed by atoms with Gasteiger partial charge < -0.3 is 23.6 Å². The number of methoxy groups -OCH3 is 3. The Morgan fingerprint density at radius 3 is 2.34 bits per heavy atom. The van der Waals surface area contributed by atoms with Crippen molar-refractivity contribution in [3.05, 3.63) is 48.4 Å². The van der Waals surface area contributed by atoms with Gasteiger partial charge in [0.1, 0.15) is 0 Å². The molecule has 1 aromatic heterocycles. The summed E-state index contributed by atoms with van der Waals surface area (Å²) in [5, 5.41) is 4.06. The van der Waals surface area contributed by atoms with Crippen LogP contribution in [0.3, 0.4) is 0 Å². The Labute approximate surface area is 168 Å². The highest BCUT2D eigenvalue weighted by molar-refractivity contribution is 5.97. The fraction of sp³-hybridized carbons (Fsp3) is 0.286. The first-order valence-electron chi connectivity index (χ1n) is 9.14. The monoisotopic (exact) mass is 395 g/mol. The van der Waals surface area contributed by atoms with E-state index in [1.54, 1.807) is 31.3 Å². The molecule has 1 unspecified atom stereocenters. The lowest BCUT2D eigenvalue weighted by molar-refractivity contribution is -0.117. The maximum absolute atomic E-state index is 12.7. The van der Waals surface area contributed by atoms with Crippen LogP contribution in [-0.2, 0) is 4.79 Å². The number of hydrogen-bond acceptors (Lipinski definition) is 7. The van der Waals surface area contributed by atoms with Crippen molar-refractivity contribution < 1.29 is 23.5 Å². The summed E-state index contributed by atoms with van der Waals surface area (Å²) in [5.74, 6) is 2.19. The number of hydrogen-bond donors (Lipinski definition) is 0. The Balaban J connectivity index is 1.60. The molecule has 1 aliphatic rings. The van der Waals surface area contributed by atoms with Crippen molar-refractivity contribution in [1.82, 2.24) is 10.1 Å². The molecule has 1 fully saturated rings. The van der Waals surface area contributed by atoms with Crippen molar-refractivity contribution in [2.75, 3.05) is 32.8 Å². The highest BCUT2D eigenvalue weighted by atomic mass is 16.5. The predicted molar refractivity (Wildman–Crippen MR) is 106 cm³/mol. The Morgan fingerprint density at radius 1 is 1.03 bits per heavy atom. The Kier molecular flexibility index (Phi) is 5.07. The summed E-state index contributed by atoms with van der Waals surface area (Å²) in [7, 11) is 4.62. The van der Waals surface area contributed by atoms with Crippen LogP contribution in [0.5, 0.6) is 17.2 Å². The molecule has 1 saturated heterocycles. The van der Waals surface area contributed by atoms with Gasteiger partial charge >= 0.3 is 0 Å². The van der Waals surface area contributed by atoms with Gasteiger partial charge in [0.2, 0.25) is 23.4 Å². The second-order valence-electron chi connectivity index (χ2n) is 6.61. The zero-order chi connectivity index (χ0) is 20.4. The molecular formula is C21H21N3O5. The van der Waals surface area contributed by atoms with Gasteiger partial charge in [-0.05, 0) is 0 Å². The maximum Gasteiger partial charge on any atom is 0.232 e. The molecule has 4 rings (SSSR count). The van der Waals surface area contributed by atoms with Crippen LogP contribution in [-0.4, -0.2) is 43.9 Å². The molecule has 0 spiro atoms. The van der Waals surface area contributed by atoms with Crippen LogP contribution in [0.15, 0.2) is 47.0 Å². The Bertz CT molecular complexity index is 993. The van der Waals surface area contributed by atoms with Gasteiger partial charge in [0, 0.05) is 30.7 Å².